The summed E-state index contributed by atoms with van der Waals surface area (Å²) in [7, 11) is 0.772. The quantitative estimate of drug-likeness (QED) is 0.442. The second-order valence-electron chi connectivity index (χ2n) is 7.63. The summed E-state index contributed by atoms with van der Waals surface area (Å²) < 4.78 is 47.6. The zero-order valence-corrected chi connectivity index (χ0v) is 19.5. The van der Waals surface area contributed by atoms with Crippen molar-refractivity contribution in [3.63, 3.8) is 0 Å². The Morgan fingerprint density at radius 1 is 1.19 bits per heavy atom. The van der Waals surface area contributed by atoms with Gasteiger partial charge in [0.1, 0.15) is 0 Å². The van der Waals surface area contributed by atoms with E-state index in [2.05, 4.69) is 0 Å². The first-order chi connectivity index (χ1) is 15.0. The van der Waals surface area contributed by atoms with E-state index < -0.39 is 33.6 Å². The second kappa shape index (κ2) is 9.05. The van der Waals surface area contributed by atoms with Crippen LogP contribution in [0.5, 0.6) is 11.5 Å². The van der Waals surface area contributed by atoms with Crippen molar-refractivity contribution in [2.45, 2.75) is 31.6 Å². The number of piperidine rings is 1. The summed E-state index contributed by atoms with van der Waals surface area (Å²) in [5, 5.41) is 0. The van der Waals surface area contributed by atoms with Gasteiger partial charge in [0.25, 0.3) is 5.79 Å². The highest BCUT2D eigenvalue weighted by molar-refractivity contribution is 7.88. The van der Waals surface area contributed by atoms with Crippen LogP contribution in [0.15, 0.2) is 41.5 Å². The molecule has 1 aliphatic heterocycles. The predicted octanol–water partition coefficient (Wildman–Crippen LogP) is 1.62. The Labute approximate surface area is 187 Å². The number of ether oxygens (including phenoxy) is 4. The largest absolute Gasteiger partial charge is 0.493 e. The van der Waals surface area contributed by atoms with Gasteiger partial charge in [-0.1, -0.05) is 6.07 Å². The van der Waals surface area contributed by atoms with E-state index in [1.165, 1.54) is 44.7 Å². The van der Waals surface area contributed by atoms with Gasteiger partial charge in [0.05, 0.1) is 26.5 Å². The normalized spacial score (nSPS) is 23.7. The van der Waals surface area contributed by atoms with Gasteiger partial charge < -0.3 is 18.9 Å². The number of benzene rings is 1. The van der Waals surface area contributed by atoms with Crippen LogP contribution in [0.1, 0.15) is 18.9 Å². The Morgan fingerprint density at radius 3 is 2.44 bits per heavy atom. The molecule has 10 heteroatoms. The number of sulfonamides is 1. The van der Waals surface area contributed by atoms with Crippen LogP contribution in [0.25, 0.3) is 0 Å². The van der Waals surface area contributed by atoms with E-state index in [-0.39, 0.29) is 6.54 Å². The molecular formula is C22H27NO8S. The molecule has 2 aliphatic rings. The maximum atomic E-state index is 12.9. The molecule has 0 amide bonds. The lowest BCUT2D eigenvalue weighted by Crippen LogP contribution is -2.50. The van der Waals surface area contributed by atoms with Crippen LogP contribution in [-0.2, 0) is 35.5 Å². The summed E-state index contributed by atoms with van der Waals surface area (Å²) in [6, 6.07) is 4.72. The summed E-state index contributed by atoms with van der Waals surface area (Å²) >= 11 is 0. The lowest BCUT2D eigenvalue weighted by molar-refractivity contribution is -0.199. The minimum atomic E-state index is -3.56. The number of fused-ring (bicyclic) bond motifs is 1. The lowest BCUT2D eigenvalue weighted by atomic mass is 9.82. The topological polar surface area (TPSA) is 108 Å². The van der Waals surface area contributed by atoms with E-state index in [4.69, 9.17) is 18.9 Å². The maximum absolute atomic E-state index is 12.9. The third-order valence-electron chi connectivity index (χ3n) is 5.57. The van der Waals surface area contributed by atoms with Gasteiger partial charge >= 0.3 is 5.97 Å². The van der Waals surface area contributed by atoms with Crippen molar-refractivity contribution >= 4 is 21.8 Å². The first-order valence-electron chi connectivity index (χ1n) is 9.95. The zero-order valence-electron chi connectivity index (χ0n) is 18.7. The minimum Gasteiger partial charge on any atom is -0.493 e. The van der Waals surface area contributed by atoms with Crippen LogP contribution >= 0.6 is 0 Å². The third kappa shape index (κ3) is 4.57. The van der Waals surface area contributed by atoms with Crippen LogP contribution in [0.3, 0.4) is 0 Å². The molecule has 1 heterocycles. The number of ketones is 1. The number of esters is 1. The first kappa shape index (κ1) is 24.0. The molecule has 1 fully saturated rings. The van der Waals surface area contributed by atoms with Gasteiger partial charge in [-0.25, -0.2) is 8.42 Å². The molecule has 174 valence electrons. The predicted molar refractivity (Wildman–Crippen MR) is 116 cm³/mol. The van der Waals surface area contributed by atoms with Crippen LogP contribution in [0.2, 0.25) is 0 Å². The number of carbonyl (C=O) groups excluding carboxylic acids is 2. The second-order valence-corrected chi connectivity index (χ2v) is 9.57. The van der Waals surface area contributed by atoms with Gasteiger partial charge in [-0.15, -0.1) is 0 Å². The first-order valence-corrected chi connectivity index (χ1v) is 11.8. The molecule has 1 saturated heterocycles. The molecule has 9 nitrogen and oxygen atoms in total. The fourth-order valence-electron chi connectivity index (χ4n) is 4.12. The molecule has 1 aromatic rings. The fraction of sp³-hybridized carbons (Fsp3) is 0.455. The fourth-order valence-corrected chi connectivity index (χ4v) is 5.19. The van der Waals surface area contributed by atoms with Crippen molar-refractivity contribution < 1.29 is 37.0 Å². The molecule has 0 radical (unpaired) electrons. The SMILES string of the molecule is COc1ccc(CC2C3=CC(=O)C(OC)(OC(C)=O)C=C3CCN2S(C)(=O)=O)cc1OC. The highest BCUT2D eigenvalue weighted by Gasteiger charge is 2.46. The van der Waals surface area contributed by atoms with Gasteiger partial charge in [0.2, 0.25) is 15.8 Å². The summed E-state index contributed by atoms with van der Waals surface area (Å²) in [4.78, 5) is 24.5. The number of carbonyl (C=O) groups is 2. The average molecular weight is 466 g/mol. The van der Waals surface area contributed by atoms with E-state index in [0.29, 0.717) is 35.5 Å². The van der Waals surface area contributed by atoms with Gasteiger partial charge in [0.15, 0.2) is 11.5 Å². The summed E-state index contributed by atoms with van der Waals surface area (Å²) in [5.74, 6) is -2.01. The third-order valence-corrected chi connectivity index (χ3v) is 6.86. The Morgan fingerprint density at radius 2 is 1.88 bits per heavy atom. The average Bonchev–Trinajstić information content (AvgIpc) is 2.73. The Bertz CT molecular complexity index is 1090. The Balaban J connectivity index is 2.05. The molecule has 32 heavy (non-hydrogen) atoms. The summed E-state index contributed by atoms with van der Waals surface area (Å²) in [5.41, 5.74) is 2.07. The van der Waals surface area contributed by atoms with Gasteiger partial charge in [-0.2, -0.15) is 4.31 Å². The molecule has 1 aromatic carbocycles. The Hall–Kier alpha value is -2.69. The van der Waals surface area contributed by atoms with Crippen LogP contribution in [-0.4, -0.2) is 70.4 Å². The van der Waals surface area contributed by atoms with E-state index in [1.807, 2.05) is 6.07 Å². The number of hydrogen-bond acceptors (Lipinski definition) is 8. The molecule has 3 rings (SSSR count). The van der Waals surface area contributed by atoms with Crippen LogP contribution in [0, 0.1) is 0 Å². The molecular weight excluding hydrogens is 438 g/mol. The molecule has 2 unspecified atom stereocenters. The van der Waals surface area contributed by atoms with Gasteiger partial charge in [-0.05, 0) is 53.8 Å². The molecule has 0 N–H and O–H groups in total. The molecule has 1 aliphatic carbocycles. The zero-order chi connectivity index (χ0) is 23.7. The van der Waals surface area contributed by atoms with E-state index >= 15 is 0 Å². The number of methoxy groups -OCH3 is 3. The van der Waals surface area contributed by atoms with Crippen molar-refractivity contribution in [1.82, 2.24) is 4.31 Å². The van der Waals surface area contributed by atoms with E-state index in [1.54, 1.807) is 12.1 Å². The van der Waals surface area contributed by atoms with E-state index in [0.717, 1.165) is 11.8 Å². The van der Waals surface area contributed by atoms with Crippen molar-refractivity contribution in [2.75, 3.05) is 34.1 Å². The highest BCUT2D eigenvalue weighted by Crippen LogP contribution is 2.39. The molecule has 0 bridgehead atoms. The monoisotopic (exact) mass is 465 g/mol. The number of rotatable bonds is 7. The molecule has 2 atom stereocenters. The number of nitrogens with zero attached hydrogens (tertiary/aromatic N) is 1. The molecule has 0 spiro atoms. The lowest BCUT2D eigenvalue weighted by Gasteiger charge is -2.41. The summed E-state index contributed by atoms with van der Waals surface area (Å²) in [6.07, 6.45) is 4.60. The number of hydrogen-bond donors (Lipinski definition) is 0. The standard InChI is InChI=1S/C22H27NO8S/c1-14(24)31-22(30-4)13-16-8-9-23(32(5,26)27)18(17(16)12-21(22)25)10-15-6-7-19(28-2)20(11-15)29-3/h6-7,11-13,18H,8-10H2,1-5H3. The maximum Gasteiger partial charge on any atom is 0.305 e. The molecule has 0 aromatic heterocycles. The van der Waals surface area contributed by atoms with Crippen molar-refractivity contribution in [3.8, 4) is 11.5 Å². The van der Waals surface area contributed by atoms with E-state index in [9.17, 15) is 18.0 Å². The smallest absolute Gasteiger partial charge is 0.305 e. The van der Waals surface area contributed by atoms with Crippen molar-refractivity contribution in [2.24, 2.45) is 0 Å². The highest BCUT2D eigenvalue weighted by atomic mass is 32.2. The van der Waals surface area contributed by atoms with Crippen LogP contribution < -0.4 is 9.47 Å². The van der Waals surface area contributed by atoms with Gasteiger partial charge in [-0.3, -0.25) is 9.59 Å². The minimum absolute atomic E-state index is 0.216. The van der Waals surface area contributed by atoms with Gasteiger partial charge in [0, 0.05) is 20.6 Å². The summed E-state index contributed by atoms with van der Waals surface area (Å²) in [6.45, 7) is 1.41. The van der Waals surface area contributed by atoms with Crippen molar-refractivity contribution in [1.29, 1.82) is 0 Å². The molecule has 0 saturated carbocycles. The van der Waals surface area contributed by atoms with Crippen LogP contribution in [0.4, 0.5) is 0 Å². The van der Waals surface area contributed by atoms with Crippen molar-refractivity contribution in [3.05, 3.63) is 47.1 Å². The Kier molecular flexibility index (Phi) is 6.77.